The van der Waals surface area contributed by atoms with Crippen LogP contribution in [-0.2, 0) is 11.4 Å². The average Bonchev–Trinajstić information content (AvgIpc) is 2.71. The lowest BCUT2D eigenvalue weighted by molar-refractivity contribution is -0.117. The largest absolute Gasteiger partial charge is 0.487 e. The molecule has 0 spiro atoms. The van der Waals surface area contributed by atoms with Crippen LogP contribution >= 0.6 is 11.6 Å². The Bertz CT molecular complexity index is 802. The molecule has 0 unspecified atom stereocenters. The Morgan fingerprint density at radius 1 is 1.30 bits per heavy atom. The summed E-state index contributed by atoms with van der Waals surface area (Å²) in [5.41, 5.74) is 10.6. The van der Waals surface area contributed by atoms with Gasteiger partial charge in [0.15, 0.2) is 0 Å². The molecule has 0 fully saturated rings. The first-order valence-electron chi connectivity index (χ1n) is 7.05. The molecule has 0 N–H and O–H groups in total. The van der Waals surface area contributed by atoms with Gasteiger partial charge in [-0.1, -0.05) is 34.9 Å². The summed E-state index contributed by atoms with van der Waals surface area (Å²) < 4.78 is 5.80. The summed E-state index contributed by atoms with van der Waals surface area (Å²) in [4.78, 5) is 17.0. The highest BCUT2D eigenvalue weighted by molar-refractivity contribution is 6.31. The lowest BCUT2D eigenvalue weighted by Crippen LogP contribution is -2.26. The molecular formula is C16H13ClN4O2. The molecule has 1 heterocycles. The number of azide groups is 1. The van der Waals surface area contributed by atoms with Crippen molar-refractivity contribution in [1.29, 1.82) is 0 Å². The van der Waals surface area contributed by atoms with Crippen LogP contribution in [0.3, 0.4) is 0 Å². The molecule has 6 nitrogen and oxygen atoms in total. The second kappa shape index (κ2) is 6.60. The Morgan fingerprint density at radius 2 is 2.13 bits per heavy atom. The summed E-state index contributed by atoms with van der Waals surface area (Å²) >= 11 is 6.09. The van der Waals surface area contributed by atoms with Crippen molar-refractivity contribution in [3.05, 3.63) is 63.5 Å². The molecule has 1 amide bonds. The van der Waals surface area contributed by atoms with E-state index in [9.17, 15) is 4.79 Å². The van der Waals surface area contributed by atoms with E-state index in [1.54, 1.807) is 23.1 Å². The SMILES string of the molecule is [N-]=[N+]=NCCC(=O)N1c2ccccc2COc2ccc(Cl)cc21. The Morgan fingerprint density at radius 3 is 2.96 bits per heavy atom. The summed E-state index contributed by atoms with van der Waals surface area (Å²) in [5, 5.41) is 3.95. The van der Waals surface area contributed by atoms with E-state index in [2.05, 4.69) is 10.0 Å². The van der Waals surface area contributed by atoms with Gasteiger partial charge < -0.3 is 4.74 Å². The van der Waals surface area contributed by atoms with Crippen LogP contribution in [0.4, 0.5) is 11.4 Å². The van der Waals surface area contributed by atoms with E-state index < -0.39 is 0 Å². The Kier molecular flexibility index (Phi) is 4.37. The van der Waals surface area contributed by atoms with Crippen molar-refractivity contribution in [2.45, 2.75) is 13.0 Å². The maximum atomic E-state index is 12.7. The van der Waals surface area contributed by atoms with Gasteiger partial charge in [0, 0.05) is 28.5 Å². The number of carbonyl (C=O) groups excluding carboxylic acids is 1. The zero-order valence-corrected chi connectivity index (χ0v) is 12.9. The number of anilines is 2. The Balaban J connectivity index is 2.09. The van der Waals surface area contributed by atoms with Crippen LogP contribution in [0.5, 0.6) is 5.75 Å². The van der Waals surface area contributed by atoms with Gasteiger partial charge in [0.2, 0.25) is 5.91 Å². The number of hydrogen-bond donors (Lipinski definition) is 0. The van der Waals surface area contributed by atoms with E-state index in [1.807, 2.05) is 24.3 Å². The molecule has 3 rings (SSSR count). The van der Waals surface area contributed by atoms with E-state index in [0.717, 1.165) is 11.3 Å². The second-order valence-electron chi connectivity index (χ2n) is 4.96. The predicted octanol–water partition coefficient (Wildman–Crippen LogP) is 4.60. The quantitative estimate of drug-likeness (QED) is 0.469. The molecule has 0 saturated carbocycles. The normalized spacial score (nSPS) is 12.3. The summed E-state index contributed by atoms with van der Waals surface area (Å²) in [6.45, 7) is 0.468. The van der Waals surface area contributed by atoms with Gasteiger partial charge in [0.05, 0.1) is 11.4 Å². The molecule has 0 aromatic heterocycles. The molecule has 7 heteroatoms. The molecule has 116 valence electrons. The molecule has 0 bridgehead atoms. The topological polar surface area (TPSA) is 78.3 Å². The molecule has 1 aliphatic rings. The highest BCUT2D eigenvalue weighted by Gasteiger charge is 2.26. The standard InChI is InChI=1S/C16H13ClN4O2/c17-12-5-6-15-14(9-12)21(16(22)7-8-19-20-18)13-4-2-1-3-11(13)10-23-15/h1-6,9H,7-8,10H2. The van der Waals surface area contributed by atoms with Crippen LogP contribution in [0.2, 0.25) is 5.02 Å². The molecule has 2 aromatic rings. The fourth-order valence-electron chi connectivity index (χ4n) is 2.49. The van der Waals surface area contributed by atoms with Crippen LogP contribution in [0, 0.1) is 0 Å². The third-order valence-corrected chi connectivity index (χ3v) is 3.75. The molecule has 2 aromatic carbocycles. The van der Waals surface area contributed by atoms with E-state index in [0.29, 0.717) is 23.1 Å². The van der Waals surface area contributed by atoms with Crippen molar-refractivity contribution < 1.29 is 9.53 Å². The predicted molar refractivity (Wildman–Crippen MR) is 88.0 cm³/mol. The number of halogens is 1. The van der Waals surface area contributed by atoms with E-state index in [-0.39, 0.29) is 18.9 Å². The molecule has 0 saturated heterocycles. The van der Waals surface area contributed by atoms with Crippen LogP contribution in [0.1, 0.15) is 12.0 Å². The van der Waals surface area contributed by atoms with Crippen molar-refractivity contribution in [3.8, 4) is 5.75 Å². The van der Waals surface area contributed by atoms with Gasteiger partial charge >= 0.3 is 0 Å². The first kappa shape index (κ1) is 15.2. The molecule has 0 aliphatic carbocycles. The highest BCUT2D eigenvalue weighted by Crippen LogP contribution is 2.41. The second-order valence-corrected chi connectivity index (χ2v) is 5.40. The number of para-hydroxylation sites is 1. The third-order valence-electron chi connectivity index (χ3n) is 3.52. The molecule has 1 aliphatic heterocycles. The monoisotopic (exact) mass is 328 g/mol. The van der Waals surface area contributed by atoms with Crippen molar-refractivity contribution in [1.82, 2.24) is 0 Å². The van der Waals surface area contributed by atoms with Crippen molar-refractivity contribution in [2.75, 3.05) is 11.4 Å². The Hall–Kier alpha value is -2.69. The number of amides is 1. The zero-order chi connectivity index (χ0) is 16.2. The van der Waals surface area contributed by atoms with Crippen LogP contribution in [-0.4, -0.2) is 12.5 Å². The van der Waals surface area contributed by atoms with Gasteiger partial charge in [0.25, 0.3) is 0 Å². The van der Waals surface area contributed by atoms with Gasteiger partial charge in [-0.3, -0.25) is 9.69 Å². The number of hydrogen-bond acceptors (Lipinski definition) is 3. The first-order chi connectivity index (χ1) is 11.2. The number of rotatable bonds is 3. The average molecular weight is 329 g/mol. The third kappa shape index (κ3) is 3.08. The van der Waals surface area contributed by atoms with Crippen molar-refractivity contribution in [3.63, 3.8) is 0 Å². The summed E-state index contributed by atoms with van der Waals surface area (Å²) in [6.07, 6.45) is 0.102. The first-order valence-corrected chi connectivity index (χ1v) is 7.42. The lowest BCUT2D eigenvalue weighted by atomic mass is 10.1. The minimum Gasteiger partial charge on any atom is -0.487 e. The number of benzene rings is 2. The maximum absolute atomic E-state index is 12.7. The van der Waals surface area contributed by atoms with Gasteiger partial charge in [-0.25, -0.2) is 0 Å². The van der Waals surface area contributed by atoms with Crippen molar-refractivity contribution >= 4 is 28.9 Å². The fraction of sp³-hybridized carbons (Fsp3) is 0.188. The lowest BCUT2D eigenvalue weighted by Gasteiger charge is -2.23. The van der Waals surface area contributed by atoms with Gasteiger partial charge in [-0.05, 0) is 29.8 Å². The summed E-state index contributed by atoms with van der Waals surface area (Å²) in [6, 6.07) is 12.7. The van der Waals surface area contributed by atoms with Crippen LogP contribution in [0.15, 0.2) is 47.6 Å². The number of fused-ring (bicyclic) bond motifs is 2. The smallest absolute Gasteiger partial charge is 0.231 e. The summed E-state index contributed by atoms with van der Waals surface area (Å²) in [7, 11) is 0. The van der Waals surface area contributed by atoms with Gasteiger partial charge in [-0.15, -0.1) is 0 Å². The molecule has 0 atom stereocenters. The van der Waals surface area contributed by atoms with E-state index >= 15 is 0 Å². The van der Waals surface area contributed by atoms with Gasteiger partial charge in [0.1, 0.15) is 12.4 Å². The van der Waals surface area contributed by atoms with Crippen LogP contribution in [0.25, 0.3) is 10.4 Å². The molecular weight excluding hydrogens is 316 g/mol. The highest BCUT2D eigenvalue weighted by atomic mass is 35.5. The minimum absolute atomic E-state index is 0.102. The van der Waals surface area contributed by atoms with Gasteiger partial charge in [-0.2, -0.15) is 0 Å². The minimum atomic E-state index is -0.182. The van der Waals surface area contributed by atoms with E-state index in [1.165, 1.54) is 0 Å². The fourth-order valence-corrected chi connectivity index (χ4v) is 2.66. The molecule has 23 heavy (non-hydrogen) atoms. The zero-order valence-electron chi connectivity index (χ0n) is 12.1. The Labute approximate surface area is 137 Å². The number of nitrogens with zero attached hydrogens (tertiary/aromatic N) is 4. The van der Waals surface area contributed by atoms with E-state index in [4.69, 9.17) is 21.9 Å². The van der Waals surface area contributed by atoms with Crippen LogP contribution < -0.4 is 9.64 Å². The summed E-state index contributed by atoms with van der Waals surface area (Å²) in [5.74, 6) is 0.404. The molecule has 0 radical (unpaired) electrons. The number of carbonyl (C=O) groups is 1. The number of ether oxygens (including phenoxy) is 1. The van der Waals surface area contributed by atoms with Crippen molar-refractivity contribution in [2.24, 2.45) is 5.11 Å². The maximum Gasteiger partial charge on any atom is 0.231 e.